The molecule has 0 radical (unpaired) electrons. The number of nitriles is 1. The van der Waals surface area contributed by atoms with Gasteiger partial charge in [-0.25, -0.2) is 0 Å². The van der Waals surface area contributed by atoms with Gasteiger partial charge in [0.05, 0.1) is 30.8 Å². The van der Waals surface area contributed by atoms with Gasteiger partial charge in [-0.1, -0.05) is 19.3 Å². The molecule has 1 saturated carbocycles. The molecule has 1 aliphatic heterocycles. The summed E-state index contributed by atoms with van der Waals surface area (Å²) in [4.78, 5) is 0. The minimum atomic E-state index is 0.101. The molecular formula is C13H21NO2. The van der Waals surface area contributed by atoms with E-state index < -0.39 is 0 Å². The van der Waals surface area contributed by atoms with E-state index in [-0.39, 0.29) is 18.1 Å². The third-order valence-electron chi connectivity index (χ3n) is 3.64. The monoisotopic (exact) mass is 223 g/mol. The van der Waals surface area contributed by atoms with E-state index in [2.05, 4.69) is 6.07 Å². The Morgan fingerprint density at radius 3 is 2.75 bits per heavy atom. The molecule has 90 valence electrons. The van der Waals surface area contributed by atoms with Crippen molar-refractivity contribution in [3.05, 3.63) is 0 Å². The topological polar surface area (TPSA) is 42.2 Å². The second-order valence-corrected chi connectivity index (χ2v) is 4.88. The van der Waals surface area contributed by atoms with Gasteiger partial charge in [0.2, 0.25) is 0 Å². The highest BCUT2D eigenvalue weighted by Crippen LogP contribution is 2.26. The predicted molar refractivity (Wildman–Crippen MR) is 60.9 cm³/mol. The molecule has 3 heteroatoms. The molecule has 1 heterocycles. The summed E-state index contributed by atoms with van der Waals surface area (Å²) >= 11 is 0. The van der Waals surface area contributed by atoms with E-state index in [1.165, 1.54) is 19.3 Å². The van der Waals surface area contributed by atoms with Crippen LogP contribution < -0.4 is 0 Å². The standard InChI is InChI=1S/C13H21NO2/c14-9-11-5-2-1-3-7-13(11)16-10-12-6-4-8-15-12/h11-13H,1-8,10H2. The summed E-state index contributed by atoms with van der Waals surface area (Å²) < 4.78 is 11.4. The molecule has 0 aromatic carbocycles. The zero-order chi connectivity index (χ0) is 11.2. The Hall–Kier alpha value is -0.590. The highest BCUT2D eigenvalue weighted by Gasteiger charge is 2.26. The molecule has 0 spiro atoms. The van der Waals surface area contributed by atoms with Gasteiger partial charge < -0.3 is 9.47 Å². The summed E-state index contributed by atoms with van der Waals surface area (Å²) in [6.45, 7) is 1.56. The Kier molecular flexibility index (Phi) is 4.62. The molecule has 0 aromatic heterocycles. The van der Waals surface area contributed by atoms with Crippen LogP contribution in [-0.2, 0) is 9.47 Å². The van der Waals surface area contributed by atoms with E-state index in [0.717, 1.165) is 32.3 Å². The molecule has 2 rings (SSSR count). The fourth-order valence-corrected chi connectivity index (χ4v) is 2.63. The van der Waals surface area contributed by atoms with Crippen LogP contribution >= 0.6 is 0 Å². The van der Waals surface area contributed by atoms with Gasteiger partial charge in [0, 0.05) is 6.61 Å². The van der Waals surface area contributed by atoms with E-state index >= 15 is 0 Å². The third-order valence-corrected chi connectivity index (χ3v) is 3.64. The number of ether oxygens (including phenoxy) is 2. The molecule has 0 N–H and O–H groups in total. The van der Waals surface area contributed by atoms with Gasteiger partial charge >= 0.3 is 0 Å². The van der Waals surface area contributed by atoms with Crippen LogP contribution in [0, 0.1) is 17.2 Å². The molecule has 3 nitrogen and oxygen atoms in total. The average Bonchev–Trinajstić information content (AvgIpc) is 2.71. The van der Waals surface area contributed by atoms with Gasteiger partial charge in [-0.15, -0.1) is 0 Å². The Bertz CT molecular complexity index is 243. The fourth-order valence-electron chi connectivity index (χ4n) is 2.63. The summed E-state index contributed by atoms with van der Waals surface area (Å²) in [6.07, 6.45) is 8.38. The lowest BCUT2D eigenvalue weighted by Gasteiger charge is -2.21. The quantitative estimate of drug-likeness (QED) is 0.691. The zero-order valence-electron chi connectivity index (χ0n) is 9.86. The van der Waals surface area contributed by atoms with Gasteiger partial charge in [-0.2, -0.15) is 5.26 Å². The van der Waals surface area contributed by atoms with Crippen molar-refractivity contribution in [3.8, 4) is 6.07 Å². The molecule has 2 fully saturated rings. The van der Waals surface area contributed by atoms with E-state index in [4.69, 9.17) is 14.7 Å². The second-order valence-electron chi connectivity index (χ2n) is 4.88. The molecule has 0 amide bonds. The van der Waals surface area contributed by atoms with Gasteiger partial charge in [0.1, 0.15) is 0 Å². The Morgan fingerprint density at radius 1 is 1.12 bits per heavy atom. The lowest BCUT2D eigenvalue weighted by atomic mass is 9.99. The lowest BCUT2D eigenvalue weighted by molar-refractivity contribution is -0.0361. The van der Waals surface area contributed by atoms with Gasteiger partial charge in [-0.3, -0.25) is 0 Å². The molecular weight excluding hydrogens is 202 g/mol. The van der Waals surface area contributed by atoms with Gasteiger partial charge in [0.15, 0.2) is 0 Å². The van der Waals surface area contributed by atoms with Crippen molar-refractivity contribution in [1.29, 1.82) is 5.26 Å². The van der Waals surface area contributed by atoms with Crippen molar-refractivity contribution in [2.75, 3.05) is 13.2 Å². The molecule has 0 bridgehead atoms. The highest BCUT2D eigenvalue weighted by atomic mass is 16.5. The normalized spacial score (nSPS) is 35.6. The summed E-state index contributed by atoms with van der Waals surface area (Å²) in [7, 11) is 0. The summed E-state index contributed by atoms with van der Waals surface area (Å²) in [5.74, 6) is 0.101. The first kappa shape index (κ1) is 11.9. The van der Waals surface area contributed by atoms with Crippen LogP contribution in [0.1, 0.15) is 44.9 Å². The lowest BCUT2D eigenvalue weighted by Crippen LogP contribution is -2.26. The maximum atomic E-state index is 9.12. The first-order chi connectivity index (χ1) is 7.90. The molecule has 3 unspecified atom stereocenters. The van der Waals surface area contributed by atoms with Crippen molar-refractivity contribution in [2.45, 2.75) is 57.2 Å². The van der Waals surface area contributed by atoms with E-state index in [9.17, 15) is 0 Å². The van der Waals surface area contributed by atoms with Crippen molar-refractivity contribution >= 4 is 0 Å². The number of nitrogens with zero attached hydrogens (tertiary/aromatic N) is 1. The van der Waals surface area contributed by atoms with Crippen LogP contribution in [0.2, 0.25) is 0 Å². The second kappa shape index (κ2) is 6.22. The maximum Gasteiger partial charge on any atom is 0.0809 e. The summed E-state index contributed by atoms with van der Waals surface area (Å²) in [5.41, 5.74) is 0. The zero-order valence-corrected chi connectivity index (χ0v) is 9.86. The highest BCUT2D eigenvalue weighted by molar-refractivity contribution is 4.90. The van der Waals surface area contributed by atoms with Crippen LogP contribution in [0.4, 0.5) is 0 Å². The van der Waals surface area contributed by atoms with E-state index in [1.54, 1.807) is 0 Å². The van der Waals surface area contributed by atoms with Gasteiger partial charge in [0.25, 0.3) is 0 Å². The summed E-state index contributed by atoms with van der Waals surface area (Å²) in [6, 6.07) is 2.40. The van der Waals surface area contributed by atoms with Crippen LogP contribution in [0.15, 0.2) is 0 Å². The number of rotatable bonds is 3. The first-order valence-corrected chi connectivity index (χ1v) is 6.53. The molecule has 3 atom stereocenters. The minimum Gasteiger partial charge on any atom is -0.376 e. The molecule has 1 saturated heterocycles. The van der Waals surface area contributed by atoms with Crippen molar-refractivity contribution in [3.63, 3.8) is 0 Å². The van der Waals surface area contributed by atoms with Crippen molar-refractivity contribution < 1.29 is 9.47 Å². The molecule has 0 aromatic rings. The van der Waals surface area contributed by atoms with E-state index in [1.807, 2.05) is 0 Å². The SMILES string of the molecule is N#CC1CCCCCC1OCC1CCCO1. The molecule has 2 aliphatic rings. The maximum absolute atomic E-state index is 9.12. The van der Waals surface area contributed by atoms with E-state index in [0.29, 0.717) is 6.61 Å². The van der Waals surface area contributed by atoms with Gasteiger partial charge in [-0.05, 0) is 25.7 Å². The number of hydrogen-bond donors (Lipinski definition) is 0. The fraction of sp³-hybridized carbons (Fsp3) is 0.923. The Labute approximate surface area is 97.7 Å². The Morgan fingerprint density at radius 2 is 2.00 bits per heavy atom. The van der Waals surface area contributed by atoms with Crippen LogP contribution in [0.25, 0.3) is 0 Å². The van der Waals surface area contributed by atoms with Crippen molar-refractivity contribution in [2.24, 2.45) is 5.92 Å². The van der Waals surface area contributed by atoms with Crippen LogP contribution in [0.5, 0.6) is 0 Å². The largest absolute Gasteiger partial charge is 0.376 e. The third kappa shape index (κ3) is 3.20. The van der Waals surface area contributed by atoms with Crippen LogP contribution in [0.3, 0.4) is 0 Å². The smallest absolute Gasteiger partial charge is 0.0809 e. The van der Waals surface area contributed by atoms with Crippen LogP contribution in [-0.4, -0.2) is 25.4 Å². The van der Waals surface area contributed by atoms with Crippen molar-refractivity contribution in [1.82, 2.24) is 0 Å². The predicted octanol–water partition coefficient (Wildman–Crippen LogP) is 2.65. The average molecular weight is 223 g/mol. The number of hydrogen-bond acceptors (Lipinski definition) is 3. The Balaban J connectivity index is 1.78. The molecule has 1 aliphatic carbocycles. The minimum absolute atomic E-state index is 0.101. The molecule has 16 heavy (non-hydrogen) atoms. The first-order valence-electron chi connectivity index (χ1n) is 6.53. The summed E-state index contributed by atoms with van der Waals surface area (Å²) in [5, 5.41) is 9.12.